The molecule has 1 saturated carbocycles. The average molecular weight is 584 g/mol. The predicted molar refractivity (Wildman–Crippen MR) is 147 cm³/mol. The third-order valence-corrected chi connectivity index (χ3v) is 9.56. The number of hydrogen-bond acceptors (Lipinski definition) is 8. The maximum Gasteiger partial charge on any atom is 0.270 e. The Morgan fingerprint density at radius 3 is 2.53 bits per heavy atom. The maximum absolute atomic E-state index is 14.7. The third kappa shape index (κ3) is 6.01. The molecule has 0 radical (unpaired) electrons. The molecule has 0 unspecified atom stereocenters. The van der Waals surface area contributed by atoms with Crippen molar-refractivity contribution >= 4 is 38.1 Å². The Morgan fingerprint density at radius 2 is 1.87 bits per heavy atom. The first-order valence-electron chi connectivity index (χ1n) is 12.1. The van der Waals surface area contributed by atoms with E-state index in [-0.39, 0.29) is 39.5 Å². The van der Waals surface area contributed by atoms with Crippen molar-refractivity contribution in [2.75, 3.05) is 32.6 Å². The Kier molecular flexibility index (Phi) is 9.02. The van der Waals surface area contributed by atoms with Gasteiger partial charge in [-0.3, -0.25) is 0 Å². The molecule has 206 valence electrons. The van der Waals surface area contributed by atoms with Gasteiger partial charge in [0.15, 0.2) is 5.13 Å². The highest BCUT2D eigenvalue weighted by Gasteiger charge is 2.35. The van der Waals surface area contributed by atoms with Crippen molar-refractivity contribution < 1.29 is 27.0 Å². The van der Waals surface area contributed by atoms with Crippen LogP contribution in [0.2, 0.25) is 5.02 Å². The summed E-state index contributed by atoms with van der Waals surface area (Å²) in [5.41, 5.74) is 0.586. The van der Waals surface area contributed by atoms with Crippen LogP contribution in [0.25, 0.3) is 0 Å². The molecule has 1 aromatic heterocycles. The first-order valence-corrected chi connectivity index (χ1v) is 14.8. The number of methoxy groups -OCH3 is 2. The minimum atomic E-state index is -4.32. The zero-order valence-corrected chi connectivity index (χ0v) is 24.1. The summed E-state index contributed by atoms with van der Waals surface area (Å²) in [6.07, 6.45) is 4.83. The number of ether oxygens (including phenoxy) is 3. The van der Waals surface area contributed by atoms with Crippen molar-refractivity contribution in [2.45, 2.75) is 49.3 Å². The number of halogens is 2. The zero-order chi connectivity index (χ0) is 27.4. The highest BCUT2D eigenvalue weighted by atomic mass is 35.5. The molecule has 0 amide bonds. The van der Waals surface area contributed by atoms with E-state index in [1.54, 1.807) is 23.6 Å². The fraction of sp³-hybridized carbons (Fsp3) is 0.423. The van der Waals surface area contributed by atoms with E-state index in [2.05, 4.69) is 9.88 Å². The Balaban J connectivity index is 1.79. The molecule has 0 bridgehead atoms. The van der Waals surface area contributed by atoms with Crippen LogP contribution in [0.1, 0.15) is 31.2 Å². The molecule has 38 heavy (non-hydrogen) atoms. The van der Waals surface area contributed by atoms with Gasteiger partial charge in [0.25, 0.3) is 10.0 Å². The molecule has 0 saturated heterocycles. The Bertz CT molecular complexity index is 1360. The van der Waals surface area contributed by atoms with Crippen LogP contribution in [0.3, 0.4) is 0 Å². The number of aromatic nitrogens is 1. The molecule has 12 heteroatoms. The van der Waals surface area contributed by atoms with E-state index < -0.39 is 15.8 Å². The van der Waals surface area contributed by atoms with E-state index >= 15 is 0 Å². The smallest absolute Gasteiger partial charge is 0.270 e. The van der Waals surface area contributed by atoms with Crippen molar-refractivity contribution in [1.82, 2.24) is 9.88 Å². The van der Waals surface area contributed by atoms with Crippen LogP contribution in [-0.2, 0) is 16.6 Å². The molecule has 1 aliphatic rings. The number of thiazole rings is 1. The first kappa shape index (κ1) is 28.4. The van der Waals surface area contributed by atoms with Crippen LogP contribution in [0.15, 0.2) is 46.8 Å². The second-order valence-electron chi connectivity index (χ2n) is 9.19. The van der Waals surface area contributed by atoms with Crippen LogP contribution >= 0.6 is 22.9 Å². The van der Waals surface area contributed by atoms with Gasteiger partial charge in [-0.2, -0.15) is 0 Å². The first-order chi connectivity index (χ1) is 18.1. The molecule has 1 aliphatic carbocycles. The van der Waals surface area contributed by atoms with Gasteiger partial charge in [-0.15, -0.1) is 11.3 Å². The van der Waals surface area contributed by atoms with Gasteiger partial charge in [0, 0.05) is 35.3 Å². The van der Waals surface area contributed by atoms with E-state index in [1.165, 1.54) is 20.4 Å². The number of rotatable bonds is 10. The van der Waals surface area contributed by atoms with Crippen molar-refractivity contribution in [1.29, 1.82) is 0 Å². The van der Waals surface area contributed by atoms with Crippen molar-refractivity contribution in [3.05, 3.63) is 58.3 Å². The van der Waals surface area contributed by atoms with Gasteiger partial charge in [0.2, 0.25) is 0 Å². The van der Waals surface area contributed by atoms with E-state index in [0.29, 0.717) is 17.1 Å². The summed E-state index contributed by atoms with van der Waals surface area (Å²) in [5.74, 6) is 0.188. The number of sulfonamides is 1. The molecular weight excluding hydrogens is 553 g/mol. The molecular formula is C26H31ClFN3O5S2. The van der Waals surface area contributed by atoms with E-state index in [1.807, 2.05) is 14.1 Å². The maximum atomic E-state index is 14.7. The van der Waals surface area contributed by atoms with Crippen LogP contribution < -0.4 is 18.5 Å². The molecule has 0 aliphatic heterocycles. The molecule has 0 spiro atoms. The van der Waals surface area contributed by atoms with Gasteiger partial charge in [-0.05, 0) is 51.6 Å². The molecule has 0 N–H and O–H groups in total. The highest BCUT2D eigenvalue weighted by Crippen LogP contribution is 2.38. The van der Waals surface area contributed by atoms with Crippen LogP contribution in [0, 0.1) is 5.82 Å². The number of anilines is 1. The van der Waals surface area contributed by atoms with Gasteiger partial charge < -0.3 is 19.1 Å². The summed E-state index contributed by atoms with van der Waals surface area (Å²) >= 11 is 7.28. The topological polar surface area (TPSA) is 81.2 Å². The number of likely N-dealkylation sites (N-methyl/N-ethyl adjacent to an activating group) is 1. The fourth-order valence-electron chi connectivity index (χ4n) is 4.62. The van der Waals surface area contributed by atoms with E-state index in [0.717, 1.165) is 53.5 Å². The fourth-order valence-corrected chi connectivity index (χ4v) is 7.25. The molecule has 2 atom stereocenters. The van der Waals surface area contributed by atoms with Gasteiger partial charge in [-0.1, -0.05) is 18.0 Å². The van der Waals surface area contributed by atoms with E-state index in [4.69, 9.17) is 25.8 Å². The molecule has 1 fully saturated rings. The highest BCUT2D eigenvalue weighted by molar-refractivity contribution is 7.93. The molecule has 2 aromatic carbocycles. The minimum absolute atomic E-state index is 0.0664. The van der Waals surface area contributed by atoms with Crippen molar-refractivity contribution in [2.24, 2.45) is 0 Å². The predicted octanol–water partition coefficient (Wildman–Crippen LogP) is 5.60. The summed E-state index contributed by atoms with van der Waals surface area (Å²) in [6.45, 7) is -0.0960. The molecule has 1 heterocycles. The second-order valence-corrected chi connectivity index (χ2v) is 12.3. The average Bonchev–Trinajstić information content (AvgIpc) is 3.43. The zero-order valence-electron chi connectivity index (χ0n) is 21.7. The summed E-state index contributed by atoms with van der Waals surface area (Å²) in [7, 11) is 2.63. The monoisotopic (exact) mass is 583 g/mol. The molecule has 4 rings (SSSR count). The molecule has 8 nitrogen and oxygen atoms in total. The largest absolute Gasteiger partial charge is 0.497 e. The molecule has 3 aromatic rings. The van der Waals surface area contributed by atoms with E-state index in [9.17, 15) is 12.8 Å². The van der Waals surface area contributed by atoms with Gasteiger partial charge in [-0.25, -0.2) is 22.1 Å². The summed E-state index contributed by atoms with van der Waals surface area (Å²) in [5, 5.41) is 1.60. The van der Waals surface area contributed by atoms with Gasteiger partial charge in [0.05, 0.1) is 25.8 Å². The summed E-state index contributed by atoms with van der Waals surface area (Å²) in [4.78, 5) is 6.09. The lowest BCUT2D eigenvalue weighted by atomic mass is 9.91. The number of nitrogens with zero attached hydrogens (tertiary/aromatic N) is 3. The Hall–Kier alpha value is -2.60. The van der Waals surface area contributed by atoms with Crippen molar-refractivity contribution in [3.63, 3.8) is 0 Å². The lowest BCUT2D eigenvalue weighted by Crippen LogP contribution is -2.44. The third-order valence-electron chi connectivity index (χ3n) is 6.60. The van der Waals surface area contributed by atoms with Gasteiger partial charge >= 0.3 is 0 Å². The van der Waals surface area contributed by atoms with Crippen LogP contribution in [-0.4, -0.2) is 58.8 Å². The lowest BCUT2D eigenvalue weighted by Gasteiger charge is -2.36. The normalized spacial score (nSPS) is 17.9. The van der Waals surface area contributed by atoms with Crippen molar-refractivity contribution in [3.8, 4) is 17.2 Å². The van der Waals surface area contributed by atoms with Crippen LogP contribution in [0.4, 0.5) is 9.52 Å². The lowest BCUT2D eigenvalue weighted by molar-refractivity contribution is 0.0598. The Morgan fingerprint density at radius 1 is 1.11 bits per heavy atom. The number of benzene rings is 2. The summed E-state index contributed by atoms with van der Waals surface area (Å²) in [6, 6.07) is 7.36. The summed E-state index contributed by atoms with van der Waals surface area (Å²) < 4.78 is 61.4. The number of hydrogen-bond donors (Lipinski definition) is 0. The Labute approximate surface area is 232 Å². The quantitative estimate of drug-likeness (QED) is 0.307. The SMILES string of the molecule is COc1ccc(CN(c2nccs2)S(=O)(=O)c2cc(Cl)c(F)cc2O[C@@H]2CCCC[C@H]2N(C)C)c(OC)c1. The standard InChI is InChI=1S/C26H31ClFN3O5S2/c1-30(2)21-7-5-6-8-22(21)36-24-15-20(28)19(27)14-25(24)38(32,33)31(26-29-11-12-37-26)16-17-9-10-18(34-3)13-23(17)35-4/h9-15,21-22H,5-8,16H2,1-4H3/t21-,22-/m1/s1. The van der Waals surface area contributed by atoms with Crippen LogP contribution in [0.5, 0.6) is 17.2 Å². The second kappa shape index (κ2) is 12.1. The minimum Gasteiger partial charge on any atom is -0.497 e. The van der Waals surface area contributed by atoms with Gasteiger partial charge in [0.1, 0.15) is 34.1 Å².